The van der Waals surface area contributed by atoms with Crippen LogP contribution in [0.15, 0.2) is 23.2 Å². The van der Waals surface area contributed by atoms with E-state index in [1.165, 1.54) is 0 Å². The number of hydrogen-bond acceptors (Lipinski definition) is 2. The van der Waals surface area contributed by atoms with E-state index in [2.05, 4.69) is 15.0 Å². The number of benzene rings is 1. The monoisotopic (exact) mass is 331 g/mol. The Morgan fingerprint density at radius 3 is 2.81 bits per heavy atom. The largest absolute Gasteiger partial charge is 0.370 e. The topological polar surface area (TPSA) is 93.1 Å². The van der Waals surface area contributed by atoms with Crippen LogP contribution < -0.4 is 11.5 Å². The molecule has 5 nitrogen and oxygen atoms in total. The highest BCUT2D eigenvalue weighted by atomic mass is 127. The van der Waals surface area contributed by atoms with Crippen molar-refractivity contribution in [2.24, 2.45) is 16.5 Å². The minimum atomic E-state index is 0. The number of guanidine groups is 1. The summed E-state index contributed by atoms with van der Waals surface area (Å²) in [5.74, 6) is 0.847. The lowest BCUT2D eigenvalue weighted by atomic mass is 10.2. The van der Waals surface area contributed by atoms with E-state index in [-0.39, 0.29) is 29.9 Å². The highest BCUT2D eigenvalue weighted by Gasteiger charge is 2.03. The van der Waals surface area contributed by atoms with Gasteiger partial charge < -0.3 is 16.5 Å². The van der Waals surface area contributed by atoms with Gasteiger partial charge in [-0.05, 0) is 18.6 Å². The summed E-state index contributed by atoms with van der Waals surface area (Å²) in [5, 5.41) is 0. The van der Waals surface area contributed by atoms with Crippen LogP contribution in [0.4, 0.5) is 0 Å². The fourth-order valence-electron chi connectivity index (χ4n) is 1.47. The van der Waals surface area contributed by atoms with Crippen molar-refractivity contribution in [1.82, 2.24) is 9.97 Å². The quantitative estimate of drug-likeness (QED) is 0.439. The number of aromatic amines is 1. The zero-order chi connectivity index (χ0) is 10.8. The zero-order valence-corrected chi connectivity index (χ0v) is 11.2. The molecular formula is C10H14IN5. The first-order valence-electron chi connectivity index (χ1n) is 4.66. The number of aliphatic imine (C=N–C) groups is 1. The predicted octanol–water partition coefficient (Wildman–Crippen LogP) is 1.26. The molecule has 0 aliphatic rings. The number of hydrogen-bond donors (Lipinski definition) is 3. The second-order valence-electron chi connectivity index (χ2n) is 3.40. The maximum Gasteiger partial charge on any atom is 0.186 e. The van der Waals surface area contributed by atoms with E-state index in [1.54, 1.807) is 0 Å². The Kier molecular flexibility index (Phi) is 4.11. The molecule has 86 valence electrons. The highest BCUT2D eigenvalue weighted by Crippen LogP contribution is 2.15. The summed E-state index contributed by atoms with van der Waals surface area (Å²) in [5.41, 5.74) is 13.6. The summed E-state index contributed by atoms with van der Waals surface area (Å²) in [6.07, 6.45) is 0. The number of nitrogens with zero attached hydrogens (tertiary/aromatic N) is 2. The Hall–Kier alpha value is -1.31. The molecule has 0 bridgehead atoms. The number of fused-ring (bicyclic) bond motifs is 1. The van der Waals surface area contributed by atoms with Crippen molar-refractivity contribution >= 4 is 41.0 Å². The van der Waals surface area contributed by atoms with E-state index < -0.39 is 0 Å². The third-order valence-corrected chi connectivity index (χ3v) is 2.17. The maximum atomic E-state index is 5.25. The molecule has 0 aliphatic heterocycles. The molecule has 0 saturated carbocycles. The number of para-hydroxylation sites is 1. The number of halogens is 1. The van der Waals surface area contributed by atoms with Crippen molar-refractivity contribution in [1.29, 1.82) is 0 Å². The normalized spacial score (nSPS) is 9.81. The van der Waals surface area contributed by atoms with Crippen LogP contribution in [0.25, 0.3) is 11.0 Å². The van der Waals surface area contributed by atoms with Gasteiger partial charge in [0.15, 0.2) is 5.96 Å². The molecular weight excluding hydrogens is 317 g/mol. The van der Waals surface area contributed by atoms with Gasteiger partial charge >= 0.3 is 0 Å². The fraction of sp³-hybridized carbons (Fsp3) is 0.200. The predicted molar refractivity (Wildman–Crippen MR) is 75.8 cm³/mol. The summed E-state index contributed by atoms with van der Waals surface area (Å²) in [6.45, 7) is 2.41. The molecule has 0 aliphatic carbocycles. The smallest absolute Gasteiger partial charge is 0.186 e. The van der Waals surface area contributed by atoms with Gasteiger partial charge in [-0.1, -0.05) is 12.1 Å². The Bertz CT molecular complexity index is 513. The van der Waals surface area contributed by atoms with Crippen LogP contribution >= 0.6 is 24.0 Å². The molecule has 2 aromatic rings. The lowest BCUT2D eigenvalue weighted by Crippen LogP contribution is -2.22. The van der Waals surface area contributed by atoms with Crippen LogP contribution in [0.1, 0.15) is 11.4 Å². The van der Waals surface area contributed by atoms with Crippen molar-refractivity contribution in [2.75, 3.05) is 0 Å². The average molecular weight is 331 g/mol. The van der Waals surface area contributed by atoms with E-state index in [1.807, 2.05) is 25.1 Å². The van der Waals surface area contributed by atoms with Gasteiger partial charge in [-0.25, -0.2) is 9.98 Å². The minimum absolute atomic E-state index is 0. The van der Waals surface area contributed by atoms with Gasteiger partial charge in [0.25, 0.3) is 0 Å². The van der Waals surface area contributed by atoms with Crippen LogP contribution in [0, 0.1) is 6.92 Å². The number of H-pyrrole nitrogens is 1. The van der Waals surface area contributed by atoms with Crippen molar-refractivity contribution in [3.63, 3.8) is 0 Å². The maximum absolute atomic E-state index is 5.25. The number of rotatable bonds is 2. The molecule has 0 unspecified atom stereocenters. The average Bonchev–Trinajstić information content (AvgIpc) is 2.59. The van der Waals surface area contributed by atoms with Crippen molar-refractivity contribution in [3.8, 4) is 0 Å². The molecule has 16 heavy (non-hydrogen) atoms. The second-order valence-corrected chi connectivity index (χ2v) is 3.40. The van der Waals surface area contributed by atoms with Crippen LogP contribution in [-0.2, 0) is 6.54 Å². The Morgan fingerprint density at radius 2 is 2.19 bits per heavy atom. The molecule has 0 saturated heterocycles. The van der Waals surface area contributed by atoms with Crippen LogP contribution in [0.3, 0.4) is 0 Å². The third kappa shape index (κ3) is 2.63. The molecule has 0 fully saturated rings. The van der Waals surface area contributed by atoms with Crippen LogP contribution in [0.5, 0.6) is 0 Å². The van der Waals surface area contributed by atoms with Gasteiger partial charge in [-0.3, -0.25) is 0 Å². The van der Waals surface area contributed by atoms with Gasteiger partial charge in [0.1, 0.15) is 12.4 Å². The van der Waals surface area contributed by atoms with E-state index >= 15 is 0 Å². The molecule has 1 aromatic carbocycles. The Labute approximate surface area is 110 Å². The van der Waals surface area contributed by atoms with Crippen LogP contribution in [0.2, 0.25) is 0 Å². The number of imidazole rings is 1. The molecule has 1 heterocycles. The van der Waals surface area contributed by atoms with E-state index in [0.29, 0.717) is 6.54 Å². The first kappa shape index (κ1) is 12.8. The van der Waals surface area contributed by atoms with Crippen molar-refractivity contribution in [3.05, 3.63) is 29.6 Å². The van der Waals surface area contributed by atoms with E-state index in [0.717, 1.165) is 22.4 Å². The number of aromatic nitrogens is 2. The van der Waals surface area contributed by atoms with Gasteiger partial charge in [-0.2, -0.15) is 0 Å². The Morgan fingerprint density at radius 1 is 1.44 bits per heavy atom. The van der Waals surface area contributed by atoms with Crippen LogP contribution in [-0.4, -0.2) is 15.9 Å². The lowest BCUT2D eigenvalue weighted by Gasteiger charge is -1.90. The minimum Gasteiger partial charge on any atom is -0.370 e. The molecule has 6 heteroatoms. The van der Waals surface area contributed by atoms with Crippen molar-refractivity contribution in [2.45, 2.75) is 13.5 Å². The third-order valence-electron chi connectivity index (χ3n) is 2.17. The molecule has 0 atom stereocenters. The molecule has 2 rings (SSSR count). The first-order chi connectivity index (χ1) is 7.16. The summed E-state index contributed by atoms with van der Waals surface area (Å²) >= 11 is 0. The van der Waals surface area contributed by atoms with Gasteiger partial charge in [0, 0.05) is 0 Å². The van der Waals surface area contributed by atoms with Crippen molar-refractivity contribution < 1.29 is 0 Å². The lowest BCUT2D eigenvalue weighted by molar-refractivity contribution is 0.951. The SMILES string of the molecule is Cc1cccc2[nH]c(CN=C(N)N)nc12.I. The first-order valence-corrected chi connectivity index (χ1v) is 4.66. The second kappa shape index (κ2) is 5.15. The van der Waals surface area contributed by atoms with E-state index in [9.17, 15) is 0 Å². The molecule has 1 aromatic heterocycles. The summed E-state index contributed by atoms with van der Waals surface area (Å²) in [7, 11) is 0. The Balaban J connectivity index is 0.00000128. The highest BCUT2D eigenvalue weighted by molar-refractivity contribution is 14.0. The van der Waals surface area contributed by atoms with Gasteiger partial charge in [-0.15, -0.1) is 24.0 Å². The molecule has 5 N–H and O–H groups in total. The zero-order valence-electron chi connectivity index (χ0n) is 8.90. The standard InChI is InChI=1S/C10H13N5.HI/c1-6-3-2-4-7-9(6)15-8(14-7)5-13-10(11)12;/h2-4H,5H2,1H3,(H,14,15)(H4,11,12,13);1H. The number of nitrogens with one attached hydrogen (secondary N) is 1. The summed E-state index contributed by atoms with van der Waals surface area (Å²) in [4.78, 5) is 11.5. The molecule has 0 radical (unpaired) electrons. The fourth-order valence-corrected chi connectivity index (χ4v) is 1.47. The summed E-state index contributed by atoms with van der Waals surface area (Å²) in [6, 6.07) is 5.99. The molecule has 0 amide bonds. The number of aryl methyl sites for hydroxylation is 1. The van der Waals surface area contributed by atoms with Gasteiger partial charge in [0.2, 0.25) is 0 Å². The number of nitrogens with two attached hydrogens (primary N) is 2. The molecule has 0 spiro atoms. The van der Waals surface area contributed by atoms with E-state index in [4.69, 9.17) is 11.5 Å². The van der Waals surface area contributed by atoms with Gasteiger partial charge in [0.05, 0.1) is 11.0 Å². The summed E-state index contributed by atoms with van der Waals surface area (Å²) < 4.78 is 0.